The topological polar surface area (TPSA) is 42.0 Å². The van der Waals surface area contributed by atoms with Crippen molar-refractivity contribution in [3.05, 3.63) is 57.6 Å². The Kier molecular flexibility index (Phi) is 3.85. The molecular formula is C15H10Cl2N2OS. The van der Waals surface area contributed by atoms with Gasteiger partial charge in [-0.15, -0.1) is 0 Å². The molecule has 3 rings (SSSR count). The molecule has 3 nitrogen and oxygen atoms in total. The molecule has 0 aliphatic rings. The molecule has 0 saturated heterocycles. The largest absolute Gasteiger partial charge is 0.298 e. The highest BCUT2D eigenvalue weighted by molar-refractivity contribution is 7.22. The average Bonchev–Trinajstić information content (AvgIpc) is 2.86. The molecule has 0 bridgehead atoms. The molecular weight excluding hydrogens is 327 g/mol. The van der Waals surface area contributed by atoms with Crippen LogP contribution in [0.4, 0.5) is 5.13 Å². The number of hydrogen-bond donors (Lipinski definition) is 1. The van der Waals surface area contributed by atoms with Crippen molar-refractivity contribution in [2.24, 2.45) is 0 Å². The van der Waals surface area contributed by atoms with E-state index in [-0.39, 0.29) is 5.91 Å². The summed E-state index contributed by atoms with van der Waals surface area (Å²) in [6.07, 6.45) is 0. The van der Waals surface area contributed by atoms with E-state index in [1.54, 1.807) is 12.1 Å². The van der Waals surface area contributed by atoms with Crippen molar-refractivity contribution in [1.82, 2.24) is 4.98 Å². The van der Waals surface area contributed by atoms with Crippen LogP contribution in [-0.4, -0.2) is 10.9 Å². The van der Waals surface area contributed by atoms with Gasteiger partial charge >= 0.3 is 0 Å². The summed E-state index contributed by atoms with van der Waals surface area (Å²) in [7, 11) is 0. The van der Waals surface area contributed by atoms with E-state index in [4.69, 9.17) is 23.2 Å². The maximum atomic E-state index is 12.2. The summed E-state index contributed by atoms with van der Waals surface area (Å²) in [5.74, 6) is -0.194. The molecule has 0 saturated carbocycles. The summed E-state index contributed by atoms with van der Waals surface area (Å²) in [6.45, 7) is 1.94. The number of nitrogens with one attached hydrogen (secondary N) is 1. The van der Waals surface area contributed by atoms with Crippen LogP contribution in [0, 0.1) is 6.92 Å². The van der Waals surface area contributed by atoms with E-state index in [2.05, 4.69) is 10.3 Å². The zero-order valence-corrected chi connectivity index (χ0v) is 13.3. The van der Waals surface area contributed by atoms with Gasteiger partial charge in [0.25, 0.3) is 5.91 Å². The highest BCUT2D eigenvalue weighted by atomic mass is 35.5. The van der Waals surface area contributed by atoms with Crippen LogP contribution in [0.3, 0.4) is 0 Å². The number of rotatable bonds is 2. The van der Waals surface area contributed by atoms with Gasteiger partial charge in [-0.3, -0.25) is 10.1 Å². The SMILES string of the molecule is Cc1cccc(C(=O)Nc2nc3c(Cl)c(Cl)ccc3s2)c1. The van der Waals surface area contributed by atoms with Crippen molar-refractivity contribution in [3.8, 4) is 0 Å². The van der Waals surface area contributed by atoms with Gasteiger partial charge < -0.3 is 0 Å². The maximum absolute atomic E-state index is 12.2. The monoisotopic (exact) mass is 336 g/mol. The van der Waals surface area contributed by atoms with E-state index in [9.17, 15) is 4.79 Å². The summed E-state index contributed by atoms with van der Waals surface area (Å²) in [4.78, 5) is 16.5. The molecule has 0 radical (unpaired) electrons. The smallest absolute Gasteiger partial charge is 0.257 e. The van der Waals surface area contributed by atoms with Gasteiger partial charge in [-0.1, -0.05) is 52.2 Å². The third-order valence-electron chi connectivity index (χ3n) is 2.95. The van der Waals surface area contributed by atoms with E-state index in [1.807, 2.05) is 31.2 Å². The van der Waals surface area contributed by atoms with Crippen LogP contribution in [-0.2, 0) is 0 Å². The Bertz CT molecular complexity index is 845. The van der Waals surface area contributed by atoms with E-state index in [0.29, 0.717) is 26.3 Å². The van der Waals surface area contributed by atoms with Crippen LogP contribution < -0.4 is 5.32 Å². The first-order valence-electron chi connectivity index (χ1n) is 6.17. The Morgan fingerprint density at radius 2 is 2.05 bits per heavy atom. The molecule has 0 atom stereocenters. The molecule has 0 fully saturated rings. The number of aryl methyl sites for hydroxylation is 1. The molecule has 3 aromatic rings. The third-order valence-corrected chi connectivity index (χ3v) is 4.68. The lowest BCUT2D eigenvalue weighted by atomic mass is 10.1. The number of thiazole rings is 1. The van der Waals surface area contributed by atoms with Crippen molar-refractivity contribution >= 4 is 55.8 Å². The van der Waals surface area contributed by atoms with Gasteiger partial charge in [-0.2, -0.15) is 0 Å². The Morgan fingerprint density at radius 1 is 1.24 bits per heavy atom. The molecule has 0 aliphatic carbocycles. The first-order chi connectivity index (χ1) is 10.0. The first kappa shape index (κ1) is 14.3. The standard InChI is InChI=1S/C15H10Cl2N2OS/c1-8-3-2-4-9(7-8)14(20)19-15-18-13-11(21-15)6-5-10(16)12(13)17/h2-7H,1H3,(H,18,19,20). The Labute approximate surface area is 135 Å². The second-order valence-electron chi connectivity index (χ2n) is 4.55. The van der Waals surface area contributed by atoms with Crippen molar-refractivity contribution in [2.45, 2.75) is 6.92 Å². The molecule has 0 unspecified atom stereocenters. The molecule has 106 valence electrons. The van der Waals surface area contributed by atoms with Gasteiger partial charge in [0.15, 0.2) is 5.13 Å². The lowest BCUT2D eigenvalue weighted by molar-refractivity contribution is 0.102. The van der Waals surface area contributed by atoms with E-state index >= 15 is 0 Å². The molecule has 1 amide bonds. The highest BCUT2D eigenvalue weighted by Crippen LogP contribution is 2.35. The third kappa shape index (κ3) is 2.88. The minimum absolute atomic E-state index is 0.194. The van der Waals surface area contributed by atoms with E-state index in [1.165, 1.54) is 11.3 Å². The minimum Gasteiger partial charge on any atom is -0.298 e. The summed E-state index contributed by atoms with van der Waals surface area (Å²) in [5, 5.41) is 4.14. The van der Waals surface area contributed by atoms with E-state index < -0.39 is 0 Å². The number of carbonyl (C=O) groups excluding carboxylic acids is 1. The van der Waals surface area contributed by atoms with Crippen LogP contribution in [0.15, 0.2) is 36.4 Å². The Hall–Kier alpha value is -1.62. The molecule has 21 heavy (non-hydrogen) atoms. The number of aromatic nitrogens is 1. The normalized spacial score (nSPS) is 10.8. The second kappa shape index (κ2) is 5.64. The second-order valence-corrected chi connectivity index (χ2v) is 6.37. The molecule has 2 aromatic carbocycles. The minimum atomic E-state index is -0.194. The van der Waals surface area contributed by atoms with Gasteiger partial charge in [-0.25, -0.2) is 4.98 Å². The van der Waals surface area contributed by atoms with Crippen molar-refractivity contribution in [1.29, 1.82) is 0 Å². The fraction of sp³-hybridized carbons (Fsp3) is 0.0667. The number of carbonyl (C=O) groups is 1. The lowest BCUT2D eigenvalue weighted by Gasteiger charge is -2.02. The summed E-state index contributed by atoms with van der Waals surface area (Å²) in [6, 6.07) is 10.9. The Morgan fingerprint density at radius 3 is 2.81 bits per heavy atom. The summed E-state index contributed by atoms with van der Waals surface area (Å²) < 4.78 is 0.879. The fourth-order valence-corrected chi connectivity index (χ4v) is 3.23. The van der Waals surface area contributed by atoms with E-state index in [0.717, 1.165) is 10.3 Å². The van der Waals surface area contributed by atoms with Gasteiger partial charge in [0.1, 0.15) is 5.52 Å². The average molecular weight is 337 g/mol. The fourth-order valence-electron chi connectivity index (χ4n) is 1.95. The van der Waals surface area contributed by atoms with Crippen molar-refractivity contribution in [3.63, 3.8) is 0 Å². The van der Waals surface area contributed by atoms with Gasteiger partial charge in [0.2, 0.25) is 0 Å². The number of nitrogens with zero attached hydrogens (tertiary/aromatic N) is 1. The summed E-state index contributed by atoms with van der Waals surface area (Å²) >= 11 is 13.4. The van der Waals surface area contributed by atoms with Crippen LogP contribution in [0.1, 0.15) is 15.9 Å². The highest BCUT2D eigenvalue weighted by Gasteiger charge is 2.13. The predicted molar refractivity (Wildman–Crippen MR) is 88.8 cm³/mol. The number of fused-ring (bicyclic) bond motifs is 1. The quantitative estimate of drug-likeness (QED) is 0.701. The van der Waals surface area contributed by atoms with Crippen molar-refractivity contribution < 1.29 is 4.79 Å². The molecule has 0 aliphatic heterocycles. The maximum Gasteiger partial charge on any atom is 0.257 e. The van der Waals surface area contributed by atoms with Gasteiger partial charge in [-0.05, 0) is 31.2 Å². The molecule has 6 heteroatoms. The van der Waals surface area contributed by atoms with Gasteiger partial charge in [0.05, 0.1) is 14.7 Å². The number of amides is 1. The van der Waals surface area contributed by atoms with Crippen LogP contribution in [0.2, 0.25) is 10.0 Å². The number of anilines is 1. The molecule has 1 heterocycles. The first-order valence-corrected chi connectivity index (χ1v) is 7.74. The molecule has 1 aromatic heterocycles. The molecule has 0 spiro atoms. The zero-order chi connectivity index (χ0) is 15.0. The van der Waals surface area contributed by atoms with Gasteiger partial charge in [0, 0.05) is 5.56 Å². The molecule has 1 N–H and O–H groups in total. The number of halogens is 2. The number of benzene rings is 2. The van der Waals surface area contributed by atoms with Crippen molar-refractivity contribution in [2.75, 3.05) is 5.32 Å². The van der Waals surface area contributed by atoms with Crippen LogP contribution >= 0.6 is 34.5 Å². The lowest BCUT2D eigenvalue weighted by Crippen LogP contribution is -2.11. The summed E-state index contributed by atoms with van der Waals surface area (Å²) in [5.41, 5.74) is 2.23. The zero-order valence-electron chi connectivity index (χ0n) is 11.0. The van der Waals surface area contributed by atoms with Crippen LogP contribution in [0.25, 0.3) is 10.2 Å². The predicted octanol–water partition coefficient (Wildman–Crippen LogP) is 5.16. The van der Waals surface area contributed by atoms with Crippen LogP contribution in [0.5, 0.6) is 0 Å². The number of hydrogen-bond acceptors (Lipinski definition) is 3. The Balaban J connectivity index is 1.91.